The first-order chi connectivity index (χ1) is 10.1. The van der Waals surface area contributed by atoms with Crippen LogP contribution in [-0.4, -0.2) is 4.98 Å². The zero-order valence-electron chi connectivity index (χ0n) is 12.1. The lowest BCUT2D eigenvalue weighted by Crippen LogP contribution is -1.91. The van der Waals surface area contributed by atoms with Crippen molar-refractivity contribution in [2.75, 3.05) is 0 Å². The van der Waals surface area contributed by atoms with Gasteiger partial charge in [-0.05, 0) is 31.0 Å². The van der Waals surface area contributed by atoms with E-state index in [2.05, 4.69) is 36.2 Å². The number of benzene rings is 2. The van der Waals surface area contributed by atoms with E-state index in [0.29, 0.717) is 11.3 Å². The molecule has 0 bridgehead atoms. The molecule has 0 spiro atoms. The molecule has 21 heavy (non-hydrogen) atoms. The van der Waals surface area contributed by atoms with Gasteiger partial charge in [0.2, 0.25) is 5.95 Å². The minimum atomic E-state index is -0.407. The van der Waals surface area contributed by atoms with Crippen molar-refractivity contribution >= 4 is 0 Å². The predicted octanol–water partition coefficient (Wildman–Crippen LogP) is 5.17. The maximum atomic E-state index is 13.5. The van der Waals surface area contributed by atoms with Gasteiger partial charge in [0.15, 0.2) is 0 Å². The summed E-state index contributed by atoms with van der Waals surface area (Å²) in [7, 11) is 0. The van der Waals surface area contributed by atoms with E-state index in [0.717, 1.165) is 11.1 Å². The molecule has 1 heterocycles. The summed E-state index contributed by atoms with van der Waals surface area (Å²) in [6.45, 7) is 3.79. The Morgan fingerprint density at radius 3 is 1.76 bits per heavy atom. The molecule has 2 heteroatoms. The van der Waals surface area contributed by atoms with Crippen molar-refractivity contribution in [2.24, 2.45) is 0 Å². The zero-order chi connectivity index (χ0) is 14.8. The van der Waals surface area contributed by atoms with Gasteiger partial charge in [-0.25, -0.2) is 4.98 Å². The van der Waals surface area contributed by atoms with Crippen molar-refractivity contribution in [3.63, 3.8) is 0 Å². The van der Waals surface area contributed by atoms with E-state index < -0.39 is 5.95 Å². The SMILES string of the molecule is Cc1ccc(-c2ccc(-c3ccc(C)c(F)n3)cc2)cc1. The average molecular weight is 277 g/mol. The van der Waals surface area contributed by atoms with Gasteiger partial charge in [0.05, 0.1) is 5.69 Å². The van der Waals surface area contributed by atoms with Gasteiger partial charge >= 0.3 is 0 Å². The van der Waals surface area contributed by atoms with Crippen molar-refractivity contribution in [1.29, 1.82) is 0 Å². The molecule has 1 nitrogen and oxygen atoms in total. The van der Waals surface area contributed by atoms with E-state index in [4.69, 9.17) is 0 Å². The second kappa shape index (κ2) is 5.49. The number of rotatable bonds is 2. The molecule has 0 unspecified atom stereocenters. The number of hydrogen-bond acceptors (Lipinski definition) is 1. The molecule has 0 aliphatic carbocycles. The summed E-state index contributed by atoms with van der Waals surface area (Å²) in [5, 5.41) is 0. The van der Waals surface area contributed by atoms with Gasteiger partial charge in [0.25, 0.3) is 0 Å². The number of aryl methyl sites for hydroxylation is 2. The summed E-state index contributed by atoms with van der Waals surface area (Å²) >= 11 is 0. The minimum absolute atomic E-state index is 0.407. The Hall–Kier alpha value is -2.48. The molecule has 0 radical (unpaired) electrons. The van der Waals surface area contributed by atoms with Crippen LogP contribution < -0.4 is 0 Å². The molecule has 0 fully saturated rings. The van der Waals surface area contributed by atoms with E-state index in [1.165, 1.54) is 11.1 Å². The van der Waals surface area contributed by atoms with Crippen LogP contribution in [0.5, 0.6) is 0 Å². The number of aromatic nitrogens is 1. The molecular weight excluding hydrogens is 261 g/mol. The molecule has 1 aromatic heterocycles. The van der Waals surface area contributed by atoms with Crippen LogP contribution >= 0.6 is 0 Å². The third kappa shape index (κ3) is 2.84. The van der Waals surface area contributed by atoms with E-state index in [1.54, 1.807) is 13.0 Å². The third-order valence-electron chi connectivity index (χ3n) is 3.60. The molecule has 0 saturated heterocycles. The topological polar surface area (TPSA) is 12.9 Å². The van der Waals surface area contributed by atoms with Crippen LogP contribution in [0.2, 0.25) is 0 Å². The number of hydrogen-bond donors (Lipinski definition) is 0. The number of pyridine rings is 1. The highest BCUT2D eigenvalue weighted by Gasteiger charge is 2.04. The Kier molecular flexibility index (Phi) is 3.53. The fraction of sp³-hybridized carbons (Fsp3) is 0.105. The molecular formula is C19H16FN. The quantitative estimate of drug-likeness (QED) is 0.589. The smallest absolute Gasteiger partial charge is 0.216 e. The molecule has 104 valence electrons. The van der Waals surface area contributed by atoms with E-state index in [1.807, 2.05) is 30.3 Å². The zero-order valence-corrected chi connectivity index (χ0v) is 12.1. The monoisotopic (exact) mass is 277 g/mol. The number of halogens is 1. The van der Waals surface area contributed by atoms with Crippen LogP contribution in [0, 0.1) is 19.8 Å². The first kappa shape index (κ1) is 13.5. The lowest BCUT2D eigenvalue weighted by atomic mass is 10.0. The highest BCUT2D eigenvalue weighted by Crippen LogP contribution is 2.24. The second-order valence-electron chi connectivity index (χ2n) is 5.25. The summed E-state index contributed by atoms with van der Waals surface area (Å²) in [6, 6.07) is 20.0. The van der Waals surface area contributed by atoms with Crippen molar-refractivity contribution in [1.82, 2.24) is 4.98 Å². The van der Waals surface area contributed by atoms with Gasteiger partial charge in [-0.15, -0.1) is 0 Å². The van der Waals surface area contributed by atoms with Crippen LogP contribution in [-0.2, 0) is 0 Å². The van der Waals surface area contributed by atoms with E-state index >= 15 is 0 Å². The molecule has 0 aliphatic heterocycles. The normalized spacial score (nSPS) is 10.6. The van der Waals surface area contributed by atoms with Crippen molar-refractivity contribution in [3.05, 3.63) is 77.7 Å². The van der Waals surface area contributed by atoms with Crippen molar-refractivity contribution in [2.45, 2.75) is 13.8 Å². The molecule has 3 aromatic rings. The van der Waals surface area contributed by atoms with Gasteiger partial charge in [-0.3, -0.25) is 0 Å². The molecule has 0 atom stereocenters. The first-order valence-corrected chi connectivity index (χ1v) is 6.94. The maximum absolute atomic E-state index is 13.5. The highest BCUT2D eigenvalue weighted by atomic mass is 19.1. The van der Waals surface area contributed by atoms with Gasteiger partial charge in [-0.2, -0.15) is 4.39 Å². The largest absolute Gasteiger partial charge is 0.219 e. The van der Waals surface area contributed by atoms with Crippen molar-refractivity contribution in [3.8, 4) is 22.4 Å². The van der Waals surface area contributed by atoms with Gasteiger partial charge < -0.3 is 0 Å². The molecule has 0 N–H and O–H groups in total. The molecule has 3 rings (SSSR count). The van der Waals surface area contributed by atoms with Crippen LogP contribution in [0.25, 0.3) is 22.4 Å². The Morgan fingerprint density at radius 2 is 1.19 bits per heavy atom. The van der Waals surface area contributed by atoms with E-state index in [9.17, 15) is 4.39 Å². The third-order valence-corrected chi connectivity index (χ3v) is 3.60. The summed E-state index contributed by atoms with van der Waals surface area (Å²) in [5.74, 6) is -0.407. The summed E-state index contributed by atoms with van der Waals surface area (Å²) < 4.78 is 13.5. The highest BCUT2D eigenvalue weighted by molar-refractivity contribution is 5.68. The second-order valence-corrected chi connectivity index (χ2v) is 5.25. The van der Waals surface area contributed by atoms with Crippen LogP contribution in [0.4, 0.5) is 4.39 Å². The predicted molar refractivity (Wildman–Crippen MR) is 84.5 cm³/mol. The lowest BCUT2D eigenvalue weighted by Gasteiger charge is -2.06. The first-order valence-electron chi connectivity index (χ1n) is 6.94. The van der Waals surface area contributed by atoms with Crippen molar-refractivity contribution < 1.29 is 4.39 Å². The Morgan fingerprint density at radius 1 is 0.667 bits per heavy atom. The Labute approximate surface area is 124 Å². The van der Waals surface area contributed by atoms with Gasteiger partial charge in [0.1, 0.15) is 0 Å². The Balaban J connectivity index is 1.93. The maximum Gasteiger partial charge on any atom is 0.216 e. The van der Waals surface area contributed by atoms with Gasteiger partial charge in [-0.1, -0.05) is 60.2 Å². The fourth-order valence-corrected chi connectivity index (χ4v) is 2.24. The lowest BCUT2D eigenvalue weighted by molar-refractivity contribution is 0.576. The minimum Gasteiger partial charge on any atom is -0.219 e. The van der Waals surface area contributed by atoms with Crippen LogP contribution in [0.1, 0.15) is 11.1 Å². The van der Waals surface area contributed by atoms with E-state index in [-0.39, 0.29) is 0 Å². The summed E-state index contributed by atoms with van der Waals surface area (Å²) in [5.41, 5.74) is 5.71. The molecule has 0 amide bonds. The molecule has 0 aliphatic rings. The summed E-state index contributed by atoms with van der Waals surface area (Å²) in [6.07, 6.45) is 0. The Bertz CT molecular complexity index is 759. The van der Waals surface area contributed by atoms with Gasteiger partial charge in [0, 0.05) is 11.1 Å². The standard InChI is InChI=1S/C19H16FN/c1-13-3-6-15(7-4-13)16-8-10-17(11-9-16)18-12-5-14(2)19(20)21-18/h3-12H,1-2H3. The van der Waals surface area contributed by atoms with Crippen LogP contribution in [0.15, 0.2) is 60.7 Å². The van der Waals surface area contributed by atoms with Crippen LogP contribution in [0.3, 0.4) is 0 Å². The molecule has 0 saturated carbocycles. The molecule has 2 aromatic carbocycles. The summed E-state index contributed by atoms with van der Waals surface area (Å²) in [4.78, 5) is 3.99. The number of nitrogens with zero attached hydrogens (tertiary/aromatic N) is 1. The fourth-order valence-electron chi connectivity index (χ4n) is 2.24. The average Bonchev–Trinajstić information content (AvgIpc) is 2.51.